The third-order valence-electron chi connectivity index (χ3n) is 4.66. The SMILES string of the molecule is CC(C)C1CC(CN2CC(C(C)C)C2)C1. The van der Waals surface area contributed by atoms with Gasteiger partial charge in [0.05, 0.1) is 0 Å². The Morgan fingerprint density at radius 3 is 1.93 bits per heavy atom. The highest BCUT2D eigenvalue weighted by atomic mass is 15.2. The number of hydrogen-bond donors (Lipinski definition) is 0. The van der Waals surface area contributed by atoms with Gasteiger partial charge in [0.2, 0.25) is 0 Å². The molecule has 2 rings (SSSR count). The first-order valence-corrected chi connectivity index (χ1v) is 6.78. The van der Waals surface area contributed by atoms with Crippen molar-refractivity contribution in [2.45, 2.75) is 40.5 Å². The lowest BCUT2D eigenvalue weighted by molar-refractivity contribution is 0.0179. The Morgan fingerprint density at radius 1 is 0.933 bits per heavy atom. The minimum atomic E-state index is 0.894. The molecule has 0 N–H and O–H groups in total. The fourth-order valence-electron chi connectivity index (χ4n) is 3.03. The van der Waals surface area contributed by atoms with Crippen molar-refractivity contribution >= 4 is 0 Å². The van der Waals surface area contributed by atoms with Gasteiger partial charge >= 0.3 is 0 Å². The van der Waals surface area contributed by atoms with Crippen LogP contribution in [0.2, 0.25) is 0 Å². The molecule has 2 aliphatic rings. The molecule has 1 saturated carbocycles. The van der Waals surface area contributed by atoms with E-state index >= 15 is 0 Å². The van der Waals surface area contributed by atoms with E-state index in [1.807, 2.05) is 0 Å². The molecule has 0 aromatic carbocycles. The van der Waals surface area contributed by atoms with Gasteiger partial charge in [0.25, 0.3) is 0 Å². The second-order valence-corrected chi connectivity index (χ2v) is 6.56. The molecule has 15 heavy (non-hydrogen) atoms. The molecule has 1 aliphatic carbocycles. The summed E-state index contributed by atoms with van der Waals surface area (Å²) < 4.78 is 0. The maximum absolute atomic E-state index is 2.67. The topological polar surface area (TPSA) is 3.24 Å². The molecule has 88 valence electrons. The average molecular weight is 209 g/mol. The van der Waals surface area contributed by atoms with E-state index in [-0.39, 0.29) is 0 Å². The smallest absolute Gasteiger partial charge is 0.00246 e. The summed E-state index contributed by atoms with van der Waals surface area (Å²) in [4.78, 5) is 2.67. The van der Waals surface area contributed by atoms with Crippen LogP contribution < -0.4 is 0 Å². The zero-order chi connectivity index (χ0) is 11.0. The second kappa shape index (κ2) is 4.45. The van der Waals surface area contributed by atoms with Gasteiger partial charge in [-0.3, -0.25) is 0 Å². The van der Waals surface area contributed by atoms with Crippen molar-refractivity contribution < 1.29 is 0 Å². The first-order valence-electron chi connectivity index (χ1n) is 6.78. The van der Waals surface area contributed by atoms with Gasteiger partial charge in [-0.05, 0) is 42.4 Å². The number of rotatable bonds is 4. The molecule has 2 fully saturated rings. The highest BCUT2D eigenvalue weighted by Crippen LogP contribution is 2.40. The molecule has 1 saturated heterocycles. The van der Waals surface area contributed by atoms with Crippen LogP contribution in [0.5, 0.6) is 0 Å². The molecule has 0 spiro atoms. The minimum Gasteiger partial charge on any atom is -0.302 e. The van der Waals surface area contributed by atoms with Crippen LogP contribution in [0.25, 0.3) is 0 Å². The van der Waals surface area contributed by atoms with E-state index in [0.717, 1.165) is 29.6 Å². The Morgan fingerprint density at radius 2 is 1.47 bits per heavy atom. The lowest BCUT2D eigenvalue weighted by atomic mass is 9.69. The van der Waals surface area contributed by atoms with E-state index < -0.39 is 0 Å². The molecule has 0 atom stereocenters. The average Bonchev–Trinajstić information content (AvgIpc) is 1.95. The van der Waals surface area contributed by atoms with Crippen molar-refractivity contribution in [3.8, 4) is 0 Å². The monoisotopic (exact) mass is 209 g/mol. The van der Waals surface area contributed by atoms with Gasteiger partial charge in [-0.15, -0.1) is 0 Å². The maximum atomic E-state index is 2.67. The van der Waals surface area contributed by atoms with Crippen LogP contribution in [0, 0.1) is 29.6 Å². The summed E-state index contributed by atoms with van der Waals surface area (Å²) in [5.41, 5.74) is 0. The van der Waals surface area contributed by atoms with Gasteiger partial charge in [-0.1, -0.05) is 27.7 Å². The second-order valence-electron chi connectivity index (χ2n) is 6.56. The zero-order valence-electron chi connectivity index (χ0n) is 10.9. The van der Waals surface area contributed by atoms with E-state index in [1.165, 1.54) is 32.5 Å². The molecule has 1 heterocycles. The largest absolute Gasteiger partial charge is 0.302 e. The van der Waals surface area contributed by atoms with Crippen LogP contribution in [-0.2, 0) is 0 Å². The summed E-state index contributed by atoms with van der Waals surface area (Å²) in [5.74, 6) is 4.88. The van der Waals surface area contributed by atoms with E-state index in [4.69, 9.17) is 0 Å². The van der Waals surface area contributed by atoms with E-state index in [0.29, 0.717) is 0 Å². The Balaban J connectivity index is 1.58. The molecule has 1 nitrogen and oxygen atoms in total. The molecule has 1 aliphatic heterocycles. The zero-order valence-corrected chi connectivity index (χ0v) is 10.9. The predicted octanol–water partition coefficient (Wildman–Crippen LogP) is 3.26. The molecule has 0 unspecified atom stereocenters. The first-order chi connectivity index (χ1) is 7.06. The highest BCUT2D eigenvalue weighted by Gasteiger charge is 2.36. The Bertz CT molecular complexity index is 175. The van der Waals surface area contributed by atoms with Crippen molar-refractivity contribution in [1.29, 1.82) is 0 Å². The van der Waals surface area contributed by atoms with Crippen LogP contribution in [0.15, 0.2) is 0 Å². The van der Waals surface area contributed by atoms with Gasteiger partial charge < -0.3 is 4.90 Å². The van der Waals surface area contributed by atoms with Crippen LogP contribution in [0.1, 0.15) is 40.5 Å². The van der Waals surface area contributed by atoms with E-state index in [9.17, 15) is 0 Å². The van der Waals surface area contributed by atoms with Crippen LogP contribution in [-0.4, -0.2) is 24.5 Å². The summed E-state index contributed by atoms with van der Waals surface area (Å²) in [6.45, 7) is 13.6. The van der Waals surface area contributed by atoms with Crippen LogP contribution in [0.3, 0.4) is 0 Å². The predicted molar refractivity (Wildman–Crippen MR) is 65.8 cm³/mol. The van der Waals surface area contributed by atoms with Crippen molar-refractivity contribution in [3.63, 3.8) is 0 Å². The standard InChI is InChI=1S/C14H27N/c1-10(2)13-5-12(6-13)7-15-8-14(9-15)11(3)4/h10-14H,5-9H2,1-4H3. The summed E-state index contributed by atoms with van der Waals surface area (Å²) >= 11 is 0. The number of hydrogen-bond acceptors (Lipinski definition) is 1. The van der Waals surface area contributed by atoms with Crippen molar-refractivity contribution in [1.82, 2.24) is 4.90 Å². The molecule has 0 amide bonds. The fraction of sp³-hybridized carbons (Fsp3) is 1.00. The normalized spacial score (nSPS) is 33.2. The number of likely N-dealkylation sites (tertiary alicyclic amines) is 1. The van der Waals surface area contributed by atoms with Crippen molar-refractivity contribution in [3.05, 3.63) is 0 Å². The number of nitrogens with zero attached hydrogens (tertiary/aromatic N) is 1. The Hall–Kier alpha value is -0.0400. The van der Waals surface area contributed by atoms with Gasteiger partial charge in [0.15, 0.2) is 0 Å². The third-order valence-corrected chi connectivity index (χ3v) is 4.66. The van der Waals surface area contributed by atoms with Crippen LogP contribution in [0.4, 0.5) is 0 Å². The molecule has 0 aromatic rings. The summed E-state index contributed by atoms with van der Waals surface area (Å²) in [6.07, 6.45) is 3.00. The molecule has 0 radical (unpaired) electrons. The Labute approximate surface area is 95.2 Å². The minimum absolute atomic E-state index is 0.894. The van der Waals surface area contributed by atoms with Crippen LogP contribution >= 0.6 is 0 Å². The summed E-state index contributed by atoms with van der Waals surface area (Å²) in [5, 5.41) is 0. The molecule has 0 aromatic heterocycles. The van der Waals surface area contributed by atoms with Gasteiger partial charge in [-0.2, -0.15) is 0 Å². The third kappa shape index (κ3) is 2.55. The van der Waals surface area contributed by atoms with Gasteiger partial charge in [-0.25, -0.2) is 0 Å². The van der Waals surface area contributed by atoms with Crippen molar-refractivity contribution in [2.75, 3.05) is 19.6 Å². The summed E-state index contributed by atoms with van der Waals surface area (Å²) in [7, 11) is 0. The summed E-state index contributed by atoms with van der Waals surface area (Å²) in [6, 6.07) is 0. The first kappa shape index (κ1) is 11.4. The fourth-order valence-corrected chi connectivity index (χ4v) is 3.03. The highest BCUT2D eigenvalue weighted by molar-refractivity contribution is 4.88. The van der Waals surface area contributed by atoms with Gasteiger partial charge in [0, 0.05) is 19.6 Å². The van der Waals surface area contributed by atoms with Gasteiger partial charge in [0.1, 0.15) is 0 Å². The quantitative estimate of drug-likeness (QED) is 0.687. The molecule has 1 heteroatoms. The maximum Gasteiger partial charge on any atom is 0.00246 e. The van der Waals surface area contributed by atoms with E-state index in [2.05, 4.69) is 32.6 Å². The van der Waals surface area contributed by atoms with E-state index in [1.54, 1.807) is 0 Å². The molecular formula is C14H27N. The lowest BCUT2D eigenvalue weighted by Crippen LogP contribution is -2.52. The Kier molecular flexibility index (Phi) is 3.39. The molecule has 0 bridgehead atoms. The lowest BCUT2D eigenvalue weighted by Gasteiger charge is -2.47. The van der Waals surface area contributed by atoms with Crippen molar-refractivity contribution in [2.24, 2.45) is 29.6 Å². The molecular weight excluding hydrogens is 182 g/mol.